The van der Waals surface area contributed by atoms with E-state index in [-0.39, 0.29) is 24.2 Å². The Morgan fingerprint density at radius 2 is 1.96 bits per heavy atom. The number of ether oxygens (including phenoxy) is 1. The monoisotopic (exact) mass is 331 g/mol. The van der Waals surface area contributed by atoms with Crippen LogP contribution < -0.4 is 4.74 Å². The predicted molar refractivity (Wildman–Crippen MR) is 90.3 cm³/mol. The number of carbonyl (C=O) groups excluding carboxylic acids is 1. The lowest BCUT2D eigenvalue weighted by atomic mass is 10.1. The summed E-state index contributed by atoms with van der Waals surface area (Å²) in [4.78, 5) is 15.7. The van der Waals surface area contributed by atoms with Gasteiger partial charge in [-0.2, -0.15) is 0 Å². The number of aromatic nitrogens is 1. The summed E-state index contributed by atoms with van der Waals surface area (Å²) in [6, 6.07) is 13.6. The van der Waals surface area contributed by atoms with E-state index in [4.69, 9.17) is 4.74 Å². The summed E-state index contributed by atoms with van der Waals surface area (Å²) < 4.78 is 18.5. The van der Waals surface area contributed by atoms with Crippen molar-refractivity contribution in [2.45, 2.75) is 13.3 Å². The number of halogens is 2. The molecule has 0 atom stereocenters. The van der Waals surface area contributed by atoms with Gasteiger partial charge in [-0.1, -0.05) is 19.1 Å². The minimum absolute atomic E-state index is 0. The van der Waals surface area contributed by atoms with E-state index in [1.807, 2.05) is 18.2 Å². The molecule has 23 heavy (non-hydrogen) atoms. The van der Waals surface area contributed by atoms with Gasteiger partial charge < -0.3 is 4.74 Å². The van der Waals surface area contributed by atoms with E-state index in [0.29, 0.717) is 12.2 Å². The van der Waals surface area contributed by atoms with E-state index >= 15 is 0 Å². The third-order valence-corrected chi connectivity index (χ3v) is 3.33. The Labute approximate surface area is 139 Å². The predicted octanol–water partition coefficient (Wildman–Crippen LogP) is 4.78. The van der Waals surface area contributed by atoms with Gasteiger partial charge in [-0.05, 0) is 35.9 Å². The molecule has 0 N–H and O–H groups in total. The molecule has 2 aromatic carbocycles. The Morgan fingerprint density at radius 1 is 1.13 bits per heavy atom. The molecule has 3 aromatic rings. The minimum atomic E-state index is -0.282. The van der Waals surface area contributed by atoms with Gasteiger partial charge in [0.15, 0.2) is 0 Å². The molecule has 0 aliphatic carbocycles. The van der Waals surface area contributed by atoms with E-state index in [1.54, 1.807) is 31.3 Å². The summed E-state index contributed by atoms with van der Waals surface area (Å²) in [5.41, 5.74) is 2.34. The average Bonchev–Trinajstić information content (AvgIpc) is 2.54. The van der Waals surface area contributed by atoms with E-state index < -0.39 is 0 Å². The van der Waals surface area contributed by atoms with Gasteiger partial charge in [-0.15, -0.1) is 12.4 Å². The van der Waals surface area contributed by atoms with Crippen LogP contribution in [0, 0.1) is 5.82 Å². The normalized spacial score (nSPS) is 10.2. The standard InChI is InChI=1S/C18H14FNO2.ClH/c1-2-18(21)22-16-7-6-13-8-14(11-20-17(13)10-16)12-4-3-5-15(19)9-12;/h3-11H,2H2,1H3;1H. The molecule has 0 radical (unpaired) electrons. The second-order valence-electron chi connectivity index (χ2n) is 4.92. The Morgan fingerprint density at radius 3 is 2.70 bits per heavy atom. The summed E-state index contributed by atoms with van der Waals surface area (Å²) in [6.45, 7) is 1.74. The number of pyridine rings is 1. The van der Waals surface area contributed by atoms with Crippen LogP contribution in [-0.4, -0.2) is 11.0 Å². The third-order valence-electron chi connectivity index (χ3n) is 3.33. The van der Waals surface area contributed by atoms with Crippen LogP contribution in [0.3, 0.4) is 0 Å². The quantitative estimate of drug-likeness (QED) is 0.512. The highest BCUT2D eigenvalue weighted by Crippen LogP contribution is 2.25. The highest BCUT2D eigenvalue weighted by Gasteiger charge is 2.06. The number of rotatable bonds is 3. The molecule has 0 aliphatic heterocycles. The third kappa shape index (κ3) is 3.85. The van der Waals surface area contributed by atoms with Gasteiger partial charge in [-0.3, -0.25) is 9.78 Å². The summed E-state index contributed by atoms with van der Waals surface area (Å²) in [6.07, 6.45) is 2.01. The second kappa shape index (κ2) is 7.20. The van der Waals surface area contributed by atoms with E-state index in [9.17, 15) is 9.18 Å². The van der Waals surface area contributed by atoms with Crippen molar-refractivity contribution in [1.82, 2.24) is 4.98 Å². The molecule has 118 valence electrons. The number of nitrogens with zero attached hydrogens (tertiary/aromatic N) is 1. The van der Waals surface area contributed by atoms with E-state index in [2.05, 4.69) is 4.98 Å². The van der Waals surface area contributed by atoms with Crippen molar-refractivity contribution in [3.05, 3.63) is 60.5 Å². The summed E-state index contributed by atoms with van der Waals surface area (Å²) in [7, 11) is 0. The number of carbonyl (C=O) groups is 1. The first-order valence-electron chi connectivity index (χ1n) is 7.02. The number of benzene rings is 2. The van der Waals surface area contributed by atoms with Crippen molar-refractivity contribution in [3.63, 3.8) is 0 Å². The van der Waals surface area contributed by atoms with Crippen LogP contribution >= 0.6 is 12.4 Å². The molecule has 0 saturated heterocycles. The summed E-state index contributed by atoms with van der Waals surface area (Å²) in [5, 5.41) is 0.901. The zero-order chi connectivity index (χ0) is 15.5. The highest BCUT2D eigenvalue weighted by atomic mass is 35.5. The maximum Gasteiger partial charge on any atom is 0.310 e. The number of esters is 1. The topological polar surface area (TPSA) is 39.2 Å². The molecule has 0 bridgehead atoms. The SMILES string of the molecule is CCC(=O)Oc1ccc2cc(-c3cccc(F)c3)cnc2c1.Cl. The minimum Gasteiger partial charge on any atom is -0.426 e. The maximum atomic E-state index is 13.3. The Balaban J connectivity index is 0.00000192. The van der Waals surface area contributed by atoms with Gasteiger partial charge in [0.05, 0.1) is 5.52 Å². The zero-order valence-electron chi connectivity index (χ0n) is 12.5. The van der Waals surface area contributed by atoms with Gasteiger partial charge in [0.25, 0.3) is 0 Å². The molecule has 0 fully saturated rings. The summed E-state index contributed by atoms with van der Waals surface area (Å²) in [5.74, 6) is -0.0829. The molecule has 0 unspecified atom stereocenters. The largest absolute Gasteiger partial charge is 0.426 e. The molecule has 5 heteroatoms. The van der Waals surface area contributed by atoms with Crippen LogP contribution in [0.1, 0.15) is 13.3 Å². The summed E-state index contributed by atoms with van der Waals surface area (Å²) >= 11 is 0. The lowest BCUT2D eigenvalue weighted by molar-refractivity contribution is -0.134. The lowest BCUT2D eigenvalue weighted by Gasteiger charge is -2.06. The Bertz CT molecular complexity index is 851. The molecule has 3 rings (SSSR count). The van der Waals surface area contributed by atoms with Crippen molar-refractivity contribution in [3.8, 4) is 16.9 Å². The second-order valence-corrected chi connectivity index (χ2v) is 4.92. The molecule has 0 amide bonds. The number of hydrogen-bond acceptors (Lipinski definition) is 3. The maximum absolute atomic E-state index is 13.3. The van der Waals surface area contributed by atoms with Gasteiger partial charge in [0, 0.05) is 29.6 Å². The first kappa shape index (κ1) is 16.9. The van der Waals surface area contributed by atoms with Crippen LogP contribution in [0.25, 0.3) is 22.0 Å². The molecule has 1 aromatic heterocycles. The van der Waals surface area contributed by atoms with E-state index in [1.165, 1.54) is 12.1 Å². The molecule has 0 aliphatic rings. The average molecular weight is 332 g/mol. The Hall–Kier alpha value is -2.46. The van der Waals surface area contributed by atoms with Crippen LogP contribution in [0.2, 0.25) is 0 Å². The van der Waals surface area contributed by atoms with Crippen LogP contribution in [0.4, 0.5) is 4.39 Å². The molecular formula is C18H15ClFNO2. The van der Waals surface area contributed by atoms with Crippen molar-refractivity contribution in [2.24, 2.45) is 0 Å². The van der Waals surface area contributed by atoms with Crippen molar-refractivity contribution in [1.29, 1.82) is 0 Å². The molecule has 1 heterocycles. The van der Waals surface area contributed by atoms with Gasteiger partial charge in [0.2, 0.25) is 0 Å². The van der Waals surface area contributed by atoms with Crippen LogP contribution in [0.5, 0.6) is 5.75 Å². The lowest BCUT2D eigenvalue weighted by Crippen LogP contribution is -2.05. The highest BCUT2D eigenvalue weighted by molar-refractivity contribution is 5.86. The van der Waals surface area contributed by atoms with Crippen molar-refractivity contribution < 1.29 is 13.9 Å². The van der Waals surface area contributed by atoms with Gasteiger partial charge >= 0.3 is 5.97 Å². The molecule has 0 spiro atoms. The number of hydrogen-bond donors (Lipinski definition) is 0. The van der Waals surface area contributed by atoms with Crippen LogP contribution in [0.15, 0.2) is 54.7 Å². The number of fused-ring (bicyclic) bond motifs is 1. The van der Waals surface area contributed by atoms with Crippen molar-refractivity contribution >= 4 is 29.3 Å². The van der Waals surface area contributed by atoms with Crippen molar-refractivity contribution in [2.75, 3.05) is 0 Å². The molecule has 3 nitrogen and oxygen atoms in total. The fourth-order valence-electron chi connectivity index (χ4n) is 2.19. The fraction of sp³-hybridized carbons (Fsp3) is 0.111. The smallest absolute Gasteiger partial charge is 0.310 e. The zero-order valence-corrected chi connectivity index (χ0v) is 13.3. The Kier molecular flexibility index (Phi) is 5.29. The van der Waals surface area contributed by atoms with Gasteiger partial charge in [-0.25, -0.2) is 4.39 Å². The van der Waals surface area contributed by atoms with Crippen LogP contribution in [-0.2, 0) is 4.79 Å². The molecular weight excluding hydrogens is 317 g/mol. The van der Waals surface area contributed by atoms with Gasteiger partial charge in [0.1, 0.15) is 11.6 Å². The van der Waals surface area contributed by atoms with E-state index in [0.717, 1.165) is 22.0 Å². The first-order valence-corrected chi connectivity index (χ1v) is 7.02. The first-order chi connectivity index (χ1) is 10.7. The fourth-order valence-corrected chi connectivity index (χ4v) is 2.19. The molecule has 0 saturated carbocycles.